The van der Waals surface area contributed by atoms with Gasteiger partial charge in [0, 0.05) is 23.1 Å². The van der Waals surface area contributed by atoms with Gasteiger partial charge in [0.15, 0.2) is 0 Å². The fraction of sp³-hybridized carbons (Fsp3) is 0.310. The summed E-state index contributed by atoms with van der Waals surface area (Å²) in [5.74, 6) is -0.877. The minimum atomic E-state index is -4.15. The summed E-state index contributed by atoms with van der Waals surface area (Å²) in [6, 6.07) is 18.8. The summed E-state index contributed by atoms with van der Waals surface area (Å²) in [6.45, 7) is 5.51. The summed E-state index contributed by atoms with van der Waals surface area (Å²) in [7, 11) is -4.15. The third-order valence-electron chi connectivity index (χ3n) is 6.22. The molecule has 0 aromatic heterocycles. The summed E-state index contributed by atoms with van der Waals surface area (Å²) < 4.78 is 28.6. The zero-order valence-electron chi connectivity index (χ0n) is 22.2. The average Bonchev–Trinajstić information content (AvgIpc) is 2.90. The molecule has 0 heterocycles. The van der Waals surface area contributed by atoms with Crippen LogP contribution < -0.4 is 9.62 Å². The molecule has 1 atom stereocenters. The lowest BCUT2D eigenvalue weighted by Gasteiger charge is -2.32. The molecule has 0 aliphatic heterocycles. The molecule has 1 N–H and O–H groups in total. The highest BCUT2D eigenvalue weighted by Gasteiger charge is 2.32. The van der Waals surface area contributed by atoms with E-state index in [1.54, 1.807) is 61.5 Å². The van der Waals surface area contributed by atoms with E-state index in [0.717, 1.165) is 22.7 Å². The van der Waals surface area contributed by atoms with Gasteiger partial charge in [0.05, 0.1) is 10.6 Å². The van der Waals surface area contributed by atoms with Crippen LogP contribution in [0.15, 0.2) is 77.7 Å². The molecule has 3 aromatic carbocycles. The van der Waals surface area contributed by atoms with Gasteiger partial charge in [0.2, 0.25) is 11.8 Å². The molecular weight excluding hydrogens is 557 g/mol. The Bertz CT molecular complexity index is 1400. The average molecular weight is 591 g/mol. The van der Waals surface area contributed by atoms with Crippen LogP contribution in [0.5, 0.6) is 0 Å². The van der Waals surface area contributed by atoms with Crippen molar-refractivity contribution in [2.75, 3.05) is 17.4 Å². The molecule has 0 saturated carbocycles. The predicted octanol–water partition coefficient (Wildman–Crippen LogP) is 5.83. The van der Waals surface area contributed by atoms with Crippen molar-refractivity contribution in [1.29, 1.82) is 0 Å². The molecule has 0 aliphatic rings. The van der Waals surface area contributed by atoms with Crippen LogP contribution in [0.1, 0.15) is 37.8 Å². The van der Waals surface area contributed by atoms with Crippen LogP contribution in [-0.4, -0.2) is 44.3 Å². The van der Waals surface area contributed by atoms with Crippen LogP contribution in [0.25, 0.3) is 0 Å². The quantitative estimate of drug-likeness (QED) is 0.269. The third-order valence-corrected chi connectivity index (χ3v) is 8.48. The molecule has 0 fully saturated rings. The highest BCUT2D eigenvalue weighted by molar-refractivity contribution is 7.92. The number of hydrogen-bond donors (Lipinski definition) is 1. The van der Waals surface area contributed by atoms with Gasteiger partial charge in [0.1, 0.15) is 12.6 Å². The molecule has 3 rings (SSSR count). The molecule has 0 unspecified atom stereocenters. The van der Waals surface area contributed by atoms with Crippen LogP contribution in [0.2, 0.25) is 10.0 Å². The van der Waals surface area contributed by atoms with Crippen molar-refractivity contribution in [1.82, 2.24) is 10.2 Å². The molecule has 0 bridgehead atoms. The number of aryl methyl sites for hydroxylation is 1. The molecule has 10 heteroatoms. The number of halogens is 2. The van der Waals surface area contributed by atoms with E-state index in [-0.39, 0.29) is 23.0 Å². The maximum Gasteiger partial charge on any atom is 0.264 e. The highest BCUT2D eigenvalue weighted by Crippen LogP contribution is 2.27. The van der Waals surface area contributed by atoms with E-state index in [1.807, 2.05) is 13.8 Å². The molecule has 2 amide bonds. The molecule has 3 aromatic rings. The minimum Gasteiger partial charge on any atom is -0.354 e. The van der Waals surface area contributed by atoms with E-state index >= 15 is 0 Å². The van der Waals surface area contributed by atoms with Crippen molar-refractivity contribution in [2.24, 2.45) is 0 Å². The first-order valence-corrected chi connectivity index (χ1v) is 14.9. The Morgan fingerprint density at radius 2 is 1.59 bits per heavy atom. The van der Waals surface area contributed by atoms with Gasteiger partial charge in [-0.15, -0.1) is 0 Å². The van der Waals surface area contributed by atoms with E-state index in [2.05, 4.69) is 5.32 Å². The van der Waals surface area contributed by atoms with Crippen LogP contribution in [0.4, 0.5) is 5.69 Å². The van der Waals surface area contributed by atoms with Gasteiger partial charge in [-0.05, 0) is 68.3 Å². The minimum absolute atomic E-state index is 0.0348. The number of carbonyl (C=O) groups is 2. The van der Waals surface area contributed by atoms with E-state index in [0.29, 0.717) is 22.2 Å². The van der Waals surface area contributed by atoms with Gasteiger partial charge in [-0.25, -0.2) is 8.42 Å². The van der Waals surface area contributed by atoms with Crippen molar-refractivity contribution in [3.05, 3.63) is 94.0 Å². The smallest absolute Gasteiger partial charge is 0.264 e. The molecule has 0 aliphatic carbocycles. The number of benzene rings is 3. The fourth-order valence-electron chi connectivity index (χ4n) is 3.95. The lowest BCUT2D eigenvalue weighted by Crippen LogP contribution is -2.51. The van der Waals surface area contributed by atoms with Crippen LogP contribution in [0, 0.1) is 6.92 Å². The number of amides is 2. The fourth-order valence-corrected chi connectivity index (χ4v) is 5.75. The van der Waals surface area contributed by atoms with Gasteiger partial charge >= 0.3 is 0 Å². The lowest BCUT2D eigenvalue weighted by molar-refractivity contribution is -0.139. The number of nitrogens with zero attached hydrogens (tertiary/aromatic N) is 2. The number of unbranched alkanes of at least 4 members (excludes halogenated alkanes) is 1. The van der Waals surface area contributed by atoms with Crippen molar-refractivity contribution in [2.45, 2.75) is 51.1 Å². The van der Waals surface area contributed by atoms with Crippen molar-refractivity contribution in [3.8, 4) is 0 Å². The second-order valence-electron chi connectivity index (χ2n) is 9.28. The Morgan fingerprint density at radius 3 is 2.21 bits per heavy atom. The van der Waals surface area contributed by atoms with Crippen LogP contribution >= 0.6 is 23.2 Å². The maximum atomic E-state index is 13.9. The molecule has 0 spiro atoms. The third kappa shape index (κ3) is 8.21. The summed E-state index contributed by atoms with van der Waals surface area (Å²) in [5.41, 5.74) is 1.84. The monoisotopic (exact) mass is 589 g/mol. The number of anilines is 1. The Morgan fingerprint density at radius 1 is 0.949 bits per heavy atom. The second-order valence-corrected chi connectivity index (χ2v) is 12.0. The zero-order chi connectivity index (χ0) is 28.6. The molecule has 39 heavy (non-hydrogen) atoms. The Kier molecular flexibility index (Phi) is 10.8. The van der Waals surface area contributed by atoms with E-state index < -0.39 is 28.5 Å². The number of hydrogen-bond acceptors (Lipinski definition) is 4. The topological polar surface area (TPSA) is 86.8 Å². The first kappa shape index (κ1) is 30.5. The van der Waals surface area contributed by atoms with Crippen molar-refractivity contribution < 1.29 is 18.0 Å². The Balaban J connectivity index is 2.00. The molecule has 0 saturated heterocycles. The van der Waals surface area contributed by atoms with Gasteiger partial charge in [0.25, 0.3) is 10.0 Å². The Hall–Kier alpha value is -3.07. The first-order valence-electron chi connectivity index (χ1n) is 12.7. The predicted molar refractivity (Wildman–Crippen MR) is 157 cm³/mol. The molecule has 7 nitrogen and oxygen atoms in total. The first-order chi connectivity index (χ1) is 18.5. The number of sulfonamides is 1. The second kappa shape index (κ2) is 13.8. The van der Waals surface area contributed by atoms with E-state index in [4.69, 9.17) is 23.2 Å². The largest absolute Gasteiger partial charge is 0.354 e. The summed E-state index contributed by atoms with van der Waals surface area (Å²) in [5, 5.41) is 3.67. The summed E-state index contributed by atoms with van der Waals surface area (Å²) in [4.78, 5) is 28.3. The molecule has 0 radical (unpaired) electrons. The van der Waals surface area contributed by atoms with E-state index in [1.165, 1.54) is 23.1 Å². The van der Waals surface area contributed by atoms with Crippen LogP contribution in [0.3, 0.4) is 0 Å². The highest BCUT2D eigenvalue weighted by atomic mass is 35.5. The van der Waals surface area contributed by atoms with Gasteiger partial charge in [-0.1, -0.05) is 72.4 Å². The van der Waals surface area contributed by atoms with Gasteiger partial charge in [-0.3, -0.25) is 13.9 Å². The van der Waals surface area contributed by atoms with Gasteiger partial charge in [-0.2, -0.15) is 0 Å². The number of rotatable bonds is 12. The normalized spacial score (nSPS) is 12.0. The zero-order valence-corrected chi connectivity index (χ0v) is 24.6. The molecular formula is C29H33Cl2N3O4S. The molecule has 208 valence electrons. The summed E-state index contributed by atoms with van der Waals surface area (Å²) in [6.07, 6.45) is 1.71. The number of carbonyl (C=O) groups excluding carboxylic acids is 2. The standard InChI is InChI=1S/C29H33Cl2N3O4S/c1-4-5-16-32-29(36)22(3)33(19-23-8-6-9-24(30)17-23)28(35)20-34(26-11-7-10-25(31)18-26)39(37,38)27-14-12-21(2)13-15-27/h6-15,17-18,22H,4-5,16,19-20H2,1-3H3,(H,32,36)/t22-/m0/s1. The lowest BCUT2D eigenvalue weighted by atomic mass is 10.1. The van der Waals surface area contributed by atoms with E-state index in [9.17, 15) is 18.0 Å². The Labute approximate surface area is 240 Å². The maximum absolute atomic E-state index is 13.9. The summed E-state index contributed by atoms with van der Waals surface area (Å²) >= 11 is 12.4. The number of nitrogens with one attached hydrogen (secondary N) is 1. The van der Waals surface area contributed by atoms with Crippen molar-refractivity contribution in [3.63, 3.8) is 0 Å². The van der Waals surface area contributed by atoms with Crippen LogP contribution in [-0.2, 0) is 26.2 Å². The van der Waals surface area contributed by atoms with Gasteiger partial charge < -0.3 is 10.2 Å². The van der Waals surface area contributed by atoms with Crippen molar-refractivity contribution >= 4 is 50.7 Å². The SMILES string of the molecule is CCCCNC(=O)[C@H](C)N(Cc1cccc(Cl)c1)C(=O)CN(c1cccc(Cl)c1)S(=O)(=O)c1ccc(C)cc1.